The van der Waals surface area contributed by atoms with E-state index in [-0.39, 0.29) is 0 Å². The van der Waals surface area contributed by atoms with E-state index in [4.69, 9.17) is 32.7 Å². The summed E-state index contributed by atoms with van der Waals surface area (Å²) in [5.74, 6) is 1.80. The second-order valence-corrected chi connectivity index (χ2v) is 6.07. The molecule has 0 atom stereocenters. The predicted molar refractivity (Wildman–Crippen MR) is 88.5 cm³/mol. The SMILES string of the molecule is COCCNCc1cc(Cl)cc(Cl)c1OCCCSC. The molecule has 0 bridgehead atoms. The molecule has 20 heavy (non-hydrogen) atoms. The third-order valence-corrected chi connectivity index (χ3v) is 3.82. The zero-order chi connectivity index (χ0) is 14.8. The summed E-state index contributed by atoms with van der Waals surface area (Å²) in [5.41, 5.74) is 0.975. The lowest BCUT2D eigenvalue weighted by Crippen LogP contribution is -2.19. The van der Waals surface area contributed by atoms with E-state index >= 15 is 0 Å². The standard InChI is InChI=1S/C14H21Cl2NO2S/c1-18-6-4-17-10-11-8-12(15)9-13(16)14(11)19-5-3-7-20-2/h8-9,17H,3-7,10H2,1-2H3. The highest BCUT2D eigenvalue weighted by Gasteiger charge is 2.10. The van der Waals surface area contributed by atoms with Crippen molar-refractivity contribution in [3.8, 4) is 5.75 Å². The van der Waals surface area contributed by atoms with Gasteiger partial charge in [0.05, 0.1) is 18.2 Å². The molecule has 1 aromatic rings. The van der Waals surface area contributed by atoms with Gasteiger partial charge < -0.3 is 14.8 Å². The molecule has 0 aliphatic rings. The fraction of sp³-hybridized carbons (Fsp3) is 0.571. The molecule has 0 radical (unpaired) electrons. The topological polar surface area (TPSA) is 30.5 Å². The molecular weight excluding hydrogens is 317 g/mol. The van der Waals surface area contributed by atoms with Gasteiger partial charge in [-0.2, -0.15) is 11.8 Å². The van der Waals surface area contributed by atoms with Gasteiger partial charge in [0.2, 0.25) is 0 Å². The number of rotatable bonds is 10. The van der Waals surface area contributed by atoms with Gasteiger partial charge in [-0.25, -0.2) is 0 Å². The van der Waals surface area contributed by atoms with E-state index < -0.39 is 0 Å². The second-order valence-electron chi connectivity index (χ2n) is 4.24. The first kappa shape index (κ1) is 17.9. The minimum absolute atomic E-state index is 0.560. The maximum Gasteiger partial charge on any atom is 0.142 e. The summed E-state index contributed by atoms with van der Waals surface area (Å²) in [7, 11) is 1.68. The number of benzene rings is 1. The molecule has 0 unspecified atom stereocenters. The van der Waals surface area contributed by atoms with E-state index in [1.54, 1.807) is 24.9 Å². The summed E-state index contributed by atoms with van der Waals surface area (Å²) in [6.45, 7) is 2.75. The van der Waals surface area contributed by atoms with Crippen LogP contribution in [0.3, 0.4) is 0 Å². The third kappa shape index (κ3) is 6.55. The van der Waals surface area contributed by atoms with Gasteiger partial charge in [-0.1, -0.05) is 23.2 Å². The molecule has 114 valence electrons. The molecule has 0 heterocycles. The van der Waals surface area contributed by atoms with Crippen LogP contribution in [0.5, 0.6) is 5.75 Å². The smallest absolute Gasteiger partial charge is 0.142 e. The molecule has 1 aromatic carbocycles. The quantitative estimate of drug-likeness (QED) is 0.656. The maximum atomic E-state index is 6.22. The Morgan fingerprint density at radius 2 is 2.05 bits per heavy atom. The number of hydrogen-bond donors (Lipinski definition) is 1. The van der Waals surface area contributed by atoms with Crippen LogP contribution in [0.4, 0.5) is 0 Å². The van der Waals surface area contributed by atoms with Crippen LogP contribution >= 0.6 is 35.0 Å². The Balaban J connectivity index is 2.63. The molecule has 0 aromatic heterocycles. The monoisotopic (exact) mass is 337 g/mol. The van der Waals surface area contributed by atoms with Gasteiger partial charge in [0.1, 0.15) is 5.75 Å². The van der Waals surface area contributed by atoms with Gasteiger partial charge in [0, 0.05) is 30.8 Å². The fourth-order valence-corrected chi connectivity index (χ4v) is 2.68. The molecule has 0 spiro atoms. The Labute approximate surface area is 135 Å². The minimum Gasteiger partial charge on any atom is -0.492 e. The van der Waals surface area contributed by atoms with Gasteiger partial charge >= 0.3 is 0 Å². The lowest BCUT2D eigenvalue weighted by molar-refractivity contribution is 0.199. The van der Waals surface area contributed by atoms with Crippen molar-refractivity contribution in [1.29, 1.82) is 0 Å². The van der Waals surface area contributed by atoms with E-state index in [1.807, 2.05) is 6.07 Å². The van der Waals surface area contributed by atoms with Gasteiger partial charge in [-0.05, 0) is 30.6 Å². The molecule has 0 saturated heterocycles. The molecule has 0 aliphatic heterocycles. The van der Waals surface area contributed by atoms with Gasteiger partial charge in [-0.15, -0.1) is 0 Å². The van der Waals surface area contributed by atoms with Crippen molar-refractivity contribution in [3.05, 3.63) is 27.7 Å². The van der Waals surface area contributed by atoms with Gasteiger partial charge in [0.15, 0.2) is 0 Å². The summed E-state index contributed by atoms with van der Waals surface area (Å²) in [5, 5.41) is 4.45. The molecule has 0 saturated carbocycles. The van der Waals surface area contributed by atoms with Crippen LogP contribution in [0.2, 0.25) is 10.0 Å². The second kappa shape index (κ2) is 10.6. The van der Waals surface area contributed by atoms with Crippen LogP contribution in [-0.2, 0) is 11.3 Å². The summed E-state index contributed by atoms with van der Waals surface area (Å²) in [6, 6.07) is 3.60. The number of halogens is 2. The first-order chi connectivity index (χ1) is 9.69. The van der Waals surface area contributed by atoms with Crippen molar-refractivity contribution in [2.24, 2.45) is 0 Å². The van der Waals surface area contributed by atoms with Crippen molar-refractivity contribution in [2.45, 2.75) is 13.0 Å². The van der Waals surface area contributed by atoms with Crippen LogP contribution in [0, 0.1) is 0 Å². The fourth-order valence-electron chi connectivity index (χ4n) is 1.68. The Morgan fingerprint density at radius 3 is 2.75 bits per heavy atom. The van der Waals surface area contributed by atoms with Crippen molar-refractivity contribution >= 4 is 35.0 Å². The highest BCUT2D eigenvalue weighted by Crippen LogP contribution is 2.32. The number of ether oxygens (including phenoxy) is 2. The molecular formula is C14H21Cl2NO2S. The summed E-state index contributed by atoms with van der Waals surface area (Å²) in [4.78, 5) is 0. The average Bonchev–Trinajstić information content (AvgIpc) is 2.41. The molecule has 0 aliphatic carbocycles. The summed E-state index contributed by atoms with van der Waals surface area (Å²) < 4.78 is 10.8. The number of methoxy groups -OCH3 is 1. The number of nitrogens with one attached hydrogen (secondary N) is 1. The Bertz CT molecular complexity index is 405. The van der Waals surface area contributed by atoms with Crippen LogP contribution in [0.25, 0.3) is 0 Å². The van der Waals surface area contributed by atoms with E-state index in [0.29, 0.717) is 29.8 Å². The lowest BCUT2D eigenvalue weighted by Gasteiger charge is -2.14. The van der Waals surface area contributed by atoms with Crippen molar-refractivity contribution in [3.63, 3.8) is 0 Å². The highest BCUT2D eigenvalue weighted by molar-refractivity contribution is 7.98. The molecule has 3 nitrogen and oxygen atoms in total. The summed E-state index contributed by atoms with van der Waals surface area (Å²) in [6.07, 6.45) is 3.08. The lowest BCUT2D eigenvalue weighted by atomic mass is 10.2. The maximum absolute atomic E-state index is 6.22. The Hall–Kier alpha value is -0.130. The third-order valence-electron chi connectivity index (χ3n) is 2.62. The van der Waals surface area contributed by atoms with Crippen LogP contribution < -0.4 is 10.1 Å². The largest absolute Gasteiger partial charge is 0.492 e. The first-order valence-electron chi connectivity index (χ1n) is 6.48. The Kier molecular flexibility index (Phi) is 9.48. The van der Waals surface area contributed by atoms with Crippen molar-refractivity contribution in [1.82, 2.24) is 5.32 Å². The zero-order valence-corrected chi connectivity index (χ0v) is 14.2. The highest BCUT2D eigenvalue weighted by atomic mass is 35.5. The van der Waals surface area contributed by atoms with Crippen molar-refractivity contribution in [2.75, 3.05) is 38.9 Å². The van der Waals surface area contributed by atoms with E-state index in [9.17, 15) is 0 Å². The minimum atomic E-state index is 0.560. The Morgan fingerprint density at radius 1 is 1.25 bits per heavy atom. The average molecular weight is 338 g/mol. The van der Waals surface area contributed by atoms with E-state index in [1.165, 1.54) is 0 Å². The van der Waals surface area contributed by atoms with Crippen LogP contribution in [-0.4, -0.2) is 38.9 Å². The van der Waals surface area contributed by atoms with Crippen LogP contribution in [0.15, 0.2) is 12.1 Å². The zero-order valence-electron chi connectivity index (χ0n) is 11.9. The predicted octanol–water partition coefficient (Wildman–Crippen LogP) is 3.86. The number of hydrogen-bond acceptors (Lipinski definition) is 4. The molecule has 6 heteroatoms. The molecule has 0 fully saturated rings. The van der Waals surface area contributed by atoms with E-state index in [0.717, 1.165) is 30.0 Å². The normalized spacial score (nSPS) is 10.8. The van der Waals surface area contributed by atoms with Crippen LogP contribution in [0.1, 0.15) is 12.0 Å². The number of thioether (sulfide) groups is 1. The first-order valence-corrected chi connectivity index (χ1v) is 8.63. The summed E-state index contributed by atoms with van der Waals surface area (Å²) >= 11 is 14.1. The molecule has 0 amide bonds. The van der Waals surface area contributed by atoms with E-state index in [2.05, 4.69) is 11.6 Å². The van der Waals surface area contributed by atoms with Gasteiger partial charge in [-0.3, -0.25) is 0 Å². The molecule has 1 rings (SSSR count). The van der Waals surface area contributed by atoms with Gasteiger partial charge in [0.25, 0.3) is 0 Å². The molecule has 1 N–H and O–H groups in total. The van der Waals surface area contributed by atoms with Crippen molar-refractivity contribution < 1.29 is 9.47 Å².